The summed E-state index contributed by atoms with van der Waals surface area (Å²) in [6, 6.07) is 0. The minimum Gasteiger partial charge on any atom is -0.237 e. The molecule has 0 aromatic rings. The van der Waals surface area contributed by atoms with E-state index >= 15 is 0 Å². The van der Waals surface area contributed by atoms with E-state index in [0.29, 0.717) is 0 Å². The van der Waals surface area contributed by atoms with E-state index in [1.165, 1.54) is 6.26 Å². The highest BCUT2D eigenvalue weighted by Crippen LogP contribution is 1.76. The van der Waals surface area contributed by atoms with Gasteiger partial charge >= 0.3 is 6.26 Å². The first kappa shape index (κ1) is 6.20. The largest absolute Gasteiger partial charge is 0.320 e. The molecule has 0 saturated carbocycles. The number of rotatable bonds is 2. The van der Waals surface area contributed by atoms with Crippen LogP contribution in [-0.2, 0) is 4.84 Å². The highest BCUT2D eigenvalue weighted by atomic mass is 16.6. The van der Waals surface area contributed by atoms with Crippen molar-refractivity contribution in [1.82, 2.24) is 0 Å². The van der Waals surface area contributed by atoms with Crippen molar-refractivity contribution in [3.8, 4) is 6.26 Å². The minimum absolute atomic E-state index is 1.18. The molecule has 0 unspecified atom stereocenters. The second-order valence-corrected chi connectivity index (χ2v) is 0.533. The van der Waals surface area contributed by atoms with Crippen molar-refractivity contribution in [3.63, 3.8) is 0 Å². The van der Waals surface area contributed by atoms with Crippen LogP contribution >= 0.6 is 0 Å². The van der Waals surface area contributed by atoms with Gasteiger partial charge in [0.25, 0.3) is 0 Å². The molecule has 7 heteroatoms. The third-order valence-corrected chi connectivity index (χ3v) is 0.198. The van der Waals surface area contributed by atoms with Crippen LogP contribution in [-0.4, -0.2) is 0 Å². The molecule has 0 aliphatic rings. The third kappa shape index (κ3) is 4.20. The zero-order valence-corrected chi connectivity index (χ0v) is 3.59. The third-order valence-electron chi connectivity index (χ3n) is 0.198. The van der Waals surface area contributed by atoms with Crippen molar-refractivity contribution in [3.05, 3.63) is 10.4 Å². The van der Waals surface area contributed by atoms with Gasteiger partial charge in [-0.1, -0.05) is 0 Å². The van der Waals surface area contributed by atoms with Crippen LogP contribution in [0.25, 0.3) is 10.4 Å². The van der Waals surface area contributed by atoms with Crippen LogP contribution in [0.15, 0.2) is 15.7 Å². The molecule has 0 spiro atoms. The molecule has 8 heavy (non-hydrogen) atoms. The summed E-state index contributed by atoms with van der Waals surface area (Å²) < 4.78 is 0. The summed E-state index contributed by atoms with van der Waals surface area (Å²) >= 11 is 0. The van der Waals surface area contributed by atoms with Gasteiger partial charge in [-0.2, -0.15) is 4.91 Å². The Morgan fingerprint density at radius 3 is 3.00 bits per heavy atom. The molecule has 0 radical (unpaired) electrons. The Morgan fingerprint density at radius 2 is 2.50 bits per heavy atom. The zero-order chi connectivity index (χ0) is 6.24. The molecule has 7 nitrogen and oxygen atoms in total. The van der Waals surface area contributed by atoms with Crippen molar-refractivity contribution in [2.24, 2.45) is 15.7 Å². The number of hydrogen-bond donors (Lipinski definition) is 0. The van der Waals surface area contributed by atoms with E-state index in [0.717, 1.165) is 0 Å². The first-order valence-electron chi connectivity index (χ1n) is 1.41. The van der Waals surface area contributed by atoms with E-state index in [1.807, 2.05) is 0 Å². The molecule has 0 fully saturated rings. The van der Waals surface area contributed by atoms with Crippen molar-refractivity contribution >= 4 is 0 Å². The van der Waals surface area contributed by atoms with Gasteiger partial charge in [-0.3, -0.25) is 0 Å². The molecule has 0 heterocycles. The van der Waals surface area contributed by atoms with Gasteiger partial charge in [-0.05, 0) is 0 Å². The molecule has 0 aromatic carbocycles. The van der Waals surface area contributed by atoms with Crippen LogP contribution in [0.4, 0.5) is 0 Å². The monoisotopic (exact) mass is 112 g/mol. The van der Waals surface area contributed by atoms with Crippen LogP contribution in [0, 0.1) is 11.5 Å². The van der Waals surface area contributed by atoms with E-state index in [2.05, 4.69) is 25.5 Å². The van der Waals surface area contributed by atoms with Gasteiger partial charge < -0.3 is 0 Å². The Hall–Kier alpha value is -1.80. The Morgan fingerprint density at radius 1 is 1.75 bits per heavy atom. The van der Waals surface area contributed by atoms with E-state index in [-0.39, 0.29) is 0 Å². The van der Waals surface area contributed by atoms with E-state index in [4.69, 9.17) is 10.8 Å². The highest BCUT2D eigenvalue weighted by molar-refractivity contribution is 4.40. The predicted molar refractivity (Wildman–Crippen MR) is 20.7 cm³/mol. The predicted octanol–water partition coefficient (Wildman–Crippen LogP) is 1.08. The molecule has 0 atom stereocenters. The fraction of sp³-hybridized carbons (Fsp3) is 0. The quantitative estimate of drug-likeness (QED) is 0.175. The smallest absolute Gasteiger partial charge is 0.237 e. The number of nitriles is 1. The summed E-state index contributed by atoms with van der Waals surface area (Å²) in [5.41, 5.74) is 7.53. The van der Waals surface area contributed by atoms with Gasteiger partial charge in [0.1, 0.15) is 5.22 Å². The van der Waals surface area contributed by atoms with Gasteiger partial charge in [0.05, 0.1) is 5.22 Å². The Labute approximate surface area is 43.8 Å². The summed E-state index contributed by atoms with van der Waals surface area (Å²) in [4.78, 5) is 5.82. The first-order chi connectivity index (χ1) is 3.91. The first-order valence-corrected chi connectivity index (χ1v) is 1.41. The minimum atomic E-state index is 1.18. The molecule has 0 saturated heterocycles. The molecule has 0 rings (SSSR count). The van der Waals surface area contributed by atoms with Crippen LogP contribution in [0.2, 0.25) is 0 Å². The van der Waals surface area contributed by atoms with Crippen LogP contribution in [0.3, 0.4) is 0 Å². The lowest BCUT2D eigenvalue weighted by atomic mass is 11.6. The maximum atomic E-state index is 7.60. The summed E-state index contributed by atoms with van der Waals surface area (Å²) in [6.07, 6.45) is 1.18. The molecule has 0 amide bonds. The zero-order valence-electron chi connectivity index (χ0n) is 3.59. The van der Waals surface area contributed by atoms with Gasteiger partial charge in [0, 0.05) is 0 Å². The second kappa shape index (κ2) is 5.20. The summed E-state index contributed by atoms with van der Waals surface area (Å²) in [5.74, 6) is 0. The number of nitrogens with zero attached hydrogens (tertiary/aromatic N) is 6. The lowest BCUT2D eigenvalue weighted by Crippen LogP contribution is -1.57. The molecule has 0 aliphatic heterocycles. The lowest BCUT2D eigenvalue weighted by Gasteiger charge is -1.62. The Balaban J connectivity index is 3.38. The summed E-state index contributed by atoms with van der Waals surface area (Å²) in [6.45, 7) is 0. The average molecular weight is 112 g/mol. The number of hydrogen-bond acceptors (Lipinski definition) is 3. The molecule has 0 N–H and O–H groups in total. The van der Waals surface area contributed by atoms with Crippen molar-refractivity contribution < 1.29 is 4.84 Å². The highest BCUT2D eigenvalue weighted by Gasteiger charge is 1.70. The van der Waals surface area contributed by atoms with Crippen molar-refractivity contribution in [2.75, 3.05) is 0 Å². The fourth-order valence-corrected chi connectivity index (χ4v) is 0.0707. The molecular formula is CN6O. The van der Waals surface area contributed by atoms with Gasteiger partial charge in [0.15, 0.2) is 5.28 Å². The standard InChI is InChI=1S/CN6O/c2-1-8-7-6-5-4-3. The molecule has 0 aliphatic carbocycles. The average Bonchev–Trinajstić information content (AvgIpc) is 1.81. The lowest BCUT2D eigenvalue weighted by molar-refractivity contribution is 0.258. The van der Waals surface area contributed by atoms with Crippen molar-refractivity contribution in [2.45, 2.75) is 0 Å². The van der Waals surface area contributed by atoms with Gasteiger partial charge in [0.2, 0.25) is 0 Å². The van der Waals surface area contributed by atoms with Crippen LogP contribution in [0.1, 0.15) is 0 Å². The second-order valence-electron chi connectivity index (χ2n) is 0.533. The molecule has 40 valence electrons. The normalized spacial score (nSPS) is 7.38. The van der Waals surface area contributed by atoms with Crippen molar-refractivity contribution in [1.29, 1.82) is 5.26 Å². The summed E-state index contributed by atoms with van der Waals surface area (Å²) in [7, 11) is 0. The van der Waals surface area contributed by atoms with E-state index in [1.54, 1.807) is 0 Å². The number of azide groups is 1. The van der Waals surface area contributed by atoms with Crippen LogP contribution < -0.4 is 0 Å². The maximum absolute atomic E-state index is 7.60. The SMILES string of the molecule is N#CON=NN=[N+]=[N-]. The Kier molecular flexibility index (Phi) is 4.03. The molecular weight excluding hydrogens is 112 g/mol. The molecule has 0 aromatic heterocycles. The maximum Gasteiger partial charge on any atom is 0.320 e. The van der Waals surface area contributed by atoms with Gasteiger partial charge in [-0.15, -0.1) is 10.8 Å². The topological polar surface area (TPSA) is 106 Å². The van der Waals surface area contributed by atoms with Gasteiger partial charge in [-0.25, -0.2) is 4.84 Å². The van der Waals surface area contributed by atoms with Crippen LogP contribution in [0.5, 0.6) is 0 Å². The Bertz CT molecular complexity index is 158. The summed E-state index contributed by atoms with van der Waals surface area (Å²) in [5, 5.41) is 15.5. The molecule has 0 bridgehead atoms. The van der Waals surface area contributed by atoms with E-state index in [9.17, 15) is 0 Å². The van der Waals surface area contributed by atoms with E-state index < -0.39 is 0 Å². The fourth-order valence-electron chi connectivity index (χ4n) is 0.0707.